The second kappa shape index (κ2) is 4.86. The molecule has 0 fully saturated rings. The fourth-order valence-electron chi connectivity index (χ4n) is 1.69. The fraction of sp³-hybridized carbons (Fsp3) is 0.154. The number of nitrogen functional groups attached to an aromatic ring is 1. The summed E-state index contributed by atoms with van der Waals surface area (Å²) in [5.41, 5.74) is 8.42. The minimum Gasteiger partial charge on any atom is -0.469 e. The number of hydrogen-bond acceptors (Lipinski definition) is 3. The van der Waals surface area contributed by atoms with E-state index in [2.05, 4.69) is 21.2 Å². The molecule has 0 unspecified atom stereocenters. The molecule has 4 nitrogen and oxygen atoms in total. The van der Waals surface area contributed by atoms with E-state index in [1.807, 2.05) is 13.0 Å². The van der Waals surface area contributed by atoms with Crippen LogP contribution in [-0.2, 0) is 0 Å². The van der Waals surface area contributed by atoms with E-state index >= 15 is 0 Å². The monoisotopic (exact) mass is 308 g/mol. The first kappa shape index (κ1) is 12.7. The number of nitrogens with one attached hydrogen (secondary N) is 1. The highest BCUT2D eigenvalue weighted by Gasteiger charge is 2.12. The second-order valence-electron chi connectivity index (χ2n) is 4.09. The molecule has 2 aromatic rings. The van der Waals surface area contributed by atoms with Crippen LogP contribution in [0.25, 0.3) is 0 Å². The van der Waals surface area contributed by atoms with E-state index in [4.69, 9.17) is 10.2 Å². The second-order valence-corrected chi connectivity index (χ2v) is 5.00. The van der Waals surface area contributed by atoms with Crippen molar-refractivity contribution in [3.8, 4) is 0 Å². The van der Waals surface area contributed by atoms with Gasteiger partial charge in [-0.05, 0) is 37.6 Å². The lowest BCUT2D eigenvalue weighted by Gasteiger charge is -2.11. The summed E-state index contributed by atoms with van der Waals surface area (Å²) >= 11 is 3.35. The third kappa shape index (κ3) is 2.56. The minimum absolute atomic E-state index is 0.232. The Morgan fingerprint density at radius 2 is 2.06 bits per heavy atom. The molecule has 0 spiro atoms. The van der Waals surface area contributed by atoms with E-state index in [0.717, 1.165) is 10.0 Å². The Hall–Kier alpha value is -1.75. The van der Waals surface area contributed by atoms with E-state index in [1.54, 1.807) is 19.1 Å². The third-order valence-corrected chi connectivity index (χ3v) is 3.02. The van der Waals surface area contributed by atoms with Crippen molar-refractivity contribution in [2.75, 3.05) is 11.1 Å². The van der Waals surface area contributed by atoms with Crippen molar-refractivity contribution in [2.24, 2.45) is 0 Å². The first-order valence-electron chi connectivity index (χ1n) is 5.39. The molecule has 18 heavy (non-hydrogen) atoms. The van der Waals surface area contributed by atoms with Crippen LogP contribution < -0.4 is 11.1 Å². The van der Waals surface area contributed by atoms with E-state index in [1.165, 1.54) is 6.26 Å². The van der Waals surface area contributed by atoms with Gasteiger partial charge in [-0.25, -0.2) is 0 Å². The molecule has 0 saturated carbocycles. The summed E-state index contributed by atoms with van der Waals surface area (Å²) in [6, 6.07) is 5.33. The molecule has 5 heteroatoms. The Balaban J connectivity index is 2.27. The average molecular weight is 309 g/mol. The molecule has 2 rings (SSSR count). The van der Waals surface area contributed by atoms with Gasteiger partial charge in [0.1, 0.15) is 12.0 Å². The number of nitrogens with two attached hydrogens (primary N) is 1. The highest BCUT2D eigenvalue weighted by atomic mass is 79.9. The first-order valence-corrected chi connectivity index (χ1v) is 6.19. The van der Waals surface area contributed by atoms with Crippen LogP contribution in [-0.4, -0.2) is 5.91 Å². The molecule has 3 N–H and O–H groups in total. The van der Waals surface area contributed by atoms with Gasteiger partial charge in [0.25, 0.3) is 5.91 Å². The lowest BCUT2D eigenvalue weighted by atomic mass is 10.1. The van der Waals surface area contributed by atoms with Crippen molar-refractivity contribution in [3.63, 3.8) is 0 Å². The van der Waals surface area contributed by atoms with Crippen LogP contribution in [0.1, 0.15) is 21.7 Å². The molecule has 0 saturated heterocycles. The summed E-state index contributed by atoms with van der Waals surface area (Å²) in [5, 5.41) is 2.79. The van der Waals surface area contributed by atoms with Crippen LogP contribution in [0.5, 0.6) is 0 Å². The molecule has 1 aromatic heterocycles. The van der Waals surface area contributed by atoms with E-state index < -0.39 is 0 Å². The molecule has 0 aliphatic carbocycles. The maximum atomic E-state index is 12.0. The van der Waals surface area contributed by atoms with Crippen molar-refractivity contribution in [1.82, 2.24) is 0 Å². The van der Waals surface area contributed by atoms with Crippen LogP contribution in [0.3, 0.4) is 0 Å². The van der Waals surface area contributed by atoms with Gasteiger partial charge in [0.05, 0.1) is 16.9 Å². The van der Waals surface area contributed by atoms with Gasteiger partial charge in [0.2, 0.25) is 0 Å². The Morgan fingerprint density at radius 1 is 1.33 bits per heavy atom. The van der Waals surface area contributed by atoms with Gasteiger partial charge in [-0.15, -0.1) is 0 Å². The number of rotatable bonds is 2. The van der Waals surface area contributed by atoms with Gasteiger partial charge in [0.15, 0.2) is 0 Å². The third-order valence-electron chi connectivity index (χ3n) is 2.56. The molecular formula is C13H13BrN2O2. The number of aryl methyl sites for hydroxylation is 2. The van der Waals surface area contributed by atoms with Gasteiger partial charge in [-0.3, -0.25) is 4.79 Å². The Kier molecular flexibility index (Phi) is 3.43. The summed E-state index contributed by atoms with van der Waals surface area (Å²) in [4.78, 5) is 12.0. The van der Waals surface area contributed by atoms with Gasteiger partial charge < -0.3 is 15.5 Å². The summed E-state index contributed by atoms with van der Waals surface area (Å²) in [5.74, 6) is 0.463. The highest BCUT2D eigenvalue weighted by molar-refractivity contribution is 9.10. The molecule has 0 aliphatic rings. The summed E-state index contributed by atoms with van der Waals surface area (Å²) < 4.78 is 5.99. The molecule has 0 atom stereocenters. The van der Waals surface area contributed by atoms with Crippen LogP contribution in [0.4, 0.5) is 11.4 Å². The van der Waals surface area contributed by atoms with Crippen LogP contribution >= 0.6 is 15.9 Å². The van der Waals surface area contributed by atoms with Crippen molar-refractivity contribution >= 4 is 33.2 Å². The average Bonchev–Trinajstić information content (AvgIpc) is 2.70. The number of halogens is 1. The Morgan fingerprint density at radius 3 is 2.61 bits per heavy atom. The van der Waals surface area contributed by atoms with Crippen molar-refractivity contribution in [2.45, 2.75) is 13.8 Å². The van der Waals surface area contributed by atoms with Crippen LogP contribution in [0.15, 0.2) is 33.4 Å². The van der Waals surface area contributed by atoms with Crippen molar-refractivity contribution in [3.05, 3.63) is 45.8 Å². The van der Waals surface area contributed by atoms with E-state index in [9.17, 15) is 4.79 Å². The van der Waals surface area contributed by atoms with Gasteiger partial charge in [-0.2, -0.15) is 0 Å². The number of carbonyl (C=O) groups is 1. The predicted molar refractivity (Wildman–Crippen MR) is 74.7 cm³/mol. The van der Waals surface area contributed by atoms with Crippen molar-refractivity contribution in [1.29, 1.82) is 0 Å². The molecule has 1 aromatic carbocycles. The highest BCUT2D eigenvalue weighted by Crippen LogP contribution is 2.28. The standard InChI is InChI=1S/C13H13BrN2O2/c1-7-3-10(14)5-11(15)12(7)16-13(17)9-4-8(2)18-6-9/h3-6H,15H2,1-2H3,(H,16,17). The quantitative estimate of drug-likeness (QED) is 0.834. The van der Waals surface area contributed by atoms with Gasteiger partial charge >= 0.3 is 0 Å². The molecular weight excluding hydrogens is 296 g/mol. The lowest BCUT2D eigenvalue weighted by Crippen LogP contribution is -2.13. The molecule has 1 heterocycles. The fourth-order valence-corrected chi connectivity index (χ4v) is 2.28. The van der Waals surface area contributed by atoms with Crippen LogP contribution in [0, 0.1) is 13.8 Å². The smallest absolute Gasteiger partial charge is 0.258 e. The summed E-state index contributed by atoms with van der Waals surface area (Å²) in [7, 11) is 0. The number of furan rings is 1. The maximum Gasteiger partial charge on any atom is 0.258 e. The normalized spacial score (nSPS) is 10.4. The summed E-state index contributed by atoms with van der Waals surface area (Å²) in [6.07, 6.45) is 1.43. The molecule has 0 bridgehead atoms. The number of amides is 1. The lowest BCUT2D eigenvalue weighted by molar-refractivity contribution is 0.102. The van der Waals surface area contributed by atoms with Gasteiger partial charge in [0, 0.05) is 4.47 Å². The van der Waals surface area contributed by atoms with Crippen LogP contribution in [0.2, 0.25) is 0 Å². The maximum absolute atomic E-state index is 12.0. The minimum atomic E-state index is -0.232. The zero-order valence-electron chi connectivity index (χ0n) is 10.1. The largest absolute Gasteiger partial charge is 0.469 e. The first-order chi connectivity index (χ1) is 8.47. The van der Waals surface area contributed by atoms with E-state index in [-0.39, 0.29) is 5.91 Å². The van der Waals surface area contributed by atoms with Crippen molar-refractivity contribution < 1.29 is 9.21 Å². The molecule has 94 valence electrons. The molecule has 1 amide bonds. The Bertz CT molecular complexity index is 582. The topological polar surface area (TPSA) is 68.3 Å². The molecule has 0 aliphatic heterocycles. The Labute approximate surface area is 113 Å². The number of benzene rings is 1. The zero-order valence-corrected chi connectivity index (χ0v) is 11.7. The SMILES string of the molecule is Cc1cc(C(=O)Nc2c(C)cc(Br)cc2N)co1. The van der Waals surface area contributed by atoms with E-state index in [0.29, 0.717) is 22.7 Å². The number of carbonyl (C=O) groups excluding carboxylic acids is 1. The molecule has 0 radical (unpaired) electrons. The number of anilines is 2. The predicted octanol–water partition coefficient (Wildman–Crippen LogP) is 3.49. The number of hydrogen-bond donors (Lipinski definition) is 2. The zero-order chi connectivity index (χ0) is 13.3. The summed E-state index contributed by atoms with van der Waals surface area (Å²) in [6.45, 7) is 3.67. The van der Waals surface area contributed by atoms with Gasteiger partial charge in [-0.1, -0.05) is 15.9 Å².